The molecule has 0 radical (unpaired) electrons. The first-order valence-electron chi connectivity index (χ1n) is 8.42. The second kappa shape index (κ2) is 10.0. The predicted octanol–water partition coefficient (Wildman–Crippen LogP) is 4.18. The Morgan fingerprint density at radius 3 is 2.79 bits per heavy atom. The van der Waals surface area contributed by atoms with E-state index in [0.717, 1.165) is 37.8 Å². The minimum absolute atomic E-state index is 0. The van der Waals surface area contributed by atoms with Crippen LogP contribution in [0.1, 0.15) is 23.3 Å². The Morgan fingerprint density at radius 2 is 2.08 bits per heavy atom. The molecule has 0 saturated carbocycles. The van der Waals surface area contributed by atoms with Crippen LogP contribution < -0.4 is 10.1 Å². The standard InChI is InChI=1S/C19H26N2OS.ClH/c1-22-19-9-3-2-7-17(19)14-21(15-18-8-5-11-23-18)13-16-6-4-10-20-12-16;/h2-3,5,7-9,11,16,20H,4,6,10,12-15H2,1H3;1H. The van der Waals surface area contributed by atoms with Crippen molar-refractivity contribution in [2.45, 2.75) is 25.9 Å². The van der Waals surface area contributed by atoms with Crippen molar-refractivity contribution in [1.82, 2.24) is 10.2 Å². The summed E-state index contributed by atoms with van der Waals surface area (Å²) >= 11 is 1.85. The largest absolute Gasteiger partial charge is 0.496 e. The number of nitrogens with one attached hydrogen (secondary N) is 1. The van der Waals surface area contributed by atoms with Crippen LogP contribution in [-0.4, -0.2) is 31.6 Å². The van der Waals surface area contributed by atoms with Gasteiger partial charge >= 0.3 is 0 Å². The summed E-state index contributed by atoms with van der Waals surface area (Å²) in [5, 5.41) is 5.70. The third kappa shape index (κ3) is 5.49. The van der Waals surface area contributed by atoms with E-state index in [1.54, 1.807) is 7.11 Å². The molecule has 0 bridgehead atoms. The second-order valence-electron chi connectivity index (χ2n) is 6.27. The summed E-state index contributed by atoms with van der Waals surface area (Å²) in [6.07, 6.45) is 2.63. The number of thiophene rings is 1. The average Bonchev–Trinajstić information content (AvgIpc) is 3.09. The Morgan fingerprint density at radius 1 is 1.21 bits per heavy atom. The highest BCUT2D eigenvalue weighted by Gasteiger charge is 2.18. The highest BCUT2D eigenvalue weighted by molar-refractivity contribution is 7.09. The number of nitrogens with zero attached hydrogens (tertiary/aromatic N) is 1. The van der Waals surface area contributed by atoms with Crippen LogP contribution in [-0.2, 0) is 13.1 Å². The summed E-state index contributed by atoms with van der Waals surface area (Å²) < 4.78 is 5.54. The van der Waals surface area contributed by atoms with Crippen LogP contribution in [0, 0.1) is 5.92 Å². The first-order valence-corrected chi connectivity index (χ1v) is 9.30. The molecule has 0 spiro atoms. The van der Waals surface area contributed by atoms with Crippen molar-refractivity contribution in [2.24, 2.45) is 5.92 Å². The fourth-order valence-corrected chi connectivity index (χ4v) is 4.07. The molecule has 0 amide bonds. The predicted molar refractivity (Wildman–Crippen MR) is 104 cm³/mol. The van der Waals surface area contributed by atoms with Gasteiger partial charge in [-0.15, -0.1) is 23.7 Å². The molecule has 0 aliphatic carbocycles. The van der Waals surface area contributed by atoms with E-state index in [4.69, 9.17) is 4.74 Å². The maximum atomic E-state index is 5.54. The quantitative estimate of drug-likeness (QED) is 0.795. The number of hydrogen-bond acceptors (Lipinski definition) is 4. The lowest BCUT2D eigenvalue weighted by Crippen LogP contribution is -2.37. The minimum atomic E-state index is 0. The van der Waals surface area contributed by atoms with Crippen molar-refractivity contribution in [3.05, 3.63) is 52.2 Å². The van der Waals surface area contributed by atoms with Crippen molar-refractivity contribution >= 4 is 23.7 Å². The van der Waals surface area contributed by atoms with E-state index in [9.17, 15) is 0 Å². The summed E-state index contributed by atoms with van der Waals surface area (Å²) in [6, 6.07) is 12.8. The zero-order valence-electron chi connectivity index (χ0n) is 14.2. The van der Waals surface area contributed by atoms with Crippen LogP contribution >= 0.6 is 23.7 Å². The summed E-state index contributed by atoms with van der Waals surface area (Å²) in [5.74, 6) is 1.74. The molecule has 1 unspecified atom stereocenters. The monoisotopic (exact) mass is 366 g/mol. The summed E-state index contributed by atoms with van der Waals surface area (Å²) in [4.78, 5) is 4.00. The van der Waals surface area contributed by atoms with Gasteiger partial charge in [0.05, 0.1) is 7.11 Å². The van der Waals surface area contributed by atoms with Crippen LogP contribution in [0.2, 0.25) is 0 Å². The topological polar surface area (TPSA) is 24.5 Å². The number of ether oxygens (including phenoxy) is 1. The molecule has 1 aliphatic rings. The zero-order chi connectivity index (χ0) is 15.9. The summed E-state index contributed by atoms with van der Waals surface area (Å²) in [5.41, 5.74) is 1.27. The van der Waals surface area contributed by atoms with E-state index in [2.05, 4.69) is 45.9 Å². The maximum absolute atomic E-state index is 5.54. The van der Waals surface area contributed by atoms with E-state index >= 15 is 0 Å². The Hall–Kier alpha value is -1.07. The molecule has 1 atom stereocenters. The zero-order valence-corrected chi connectivity index (χ0v) is 15.9. The van der Waals surface area contributed by atoms with Crippen LogP contribution in [0.25, 0.3) is 0 Å². The highest BCUT2D eigenvalue weighted by Crippen LogP contribution is 2.23. The number of hydrogen-bond donors (Lipinski definition) is 1. The van der Waals surface area contributed by atoms with Gasteiger partial charge in [-0.2, -0.15) is 0 Å². The van der Waals surface area contributed by atoms with Crippen molar-refractivity contribution in [3.63, 3.8) is 0 Å². The lowest BCUT2D eigenvalue weighted by molar-refractivity contribution is 0.193. The van der Waals surface area contributed by atoms with E-state index in [0.29, 0.717) is 0 Å². The fraction of sp³-hybridized carbons (Fsp3) is 0.474. The number of piperidine rings is 1. The van der Waals surface area contributed by atoms with Gasteiger partial charge in [-0.1, -0.05) is 24.3 Å². The molecule has 132 valence electrons. The summed E-state index contributed by atoms with van der Waals surface area (Å²) in [6.45, 7) is 5.42. The van der Waals surface area contributed by atoms with Crippen LogP contribution in [0.3, 0.4) is 0 Å². The highest BCUT2D eigenvalue weighted by atomic mass is 35.5. The molecule has 1 aromatic carbocycles. The molecular weight excluding hydrogens is 340 g/mol. The van der Waals surface area contributed by atoms with Gasteiger partial charge in [-0.25, -0.2) is 0 Å². The van der Waals surface area contributed by atoms with Crippen molar-refractivity contribution in [2.75, 3.05) is 26.7 Å². The lowest BCUT2D eigenvalue weighted by atomic mass is 9.98. The Bertz CT molecular complexity index is 585. The van der Waals surface area contributed by atoms with E-state index in [1.165, 1.54) is 29.8 Å². The van der Waals surface area contributed by atoms with Gasteiger partial charge in [0.15, 0.2) is 0 Å². The van der Waals surface area contributed by atoms with Gasteiger partial charge in [0.25, 0.3) is 0 Å². The van der Waals surface area contributed by atoms with Crippen molar-refractivity contribution in [1.29, 1.82) is 0 Å². The molecular formula is C19H27ClN2OS. The molecule has 1 saturated heterocycles. The average molecular weight is 367 g/mol. The fourth-order valence-electron chi connectivity index (χ4n) is 3.33. The van der Waals surface area contributed by atoms with Gasteiger partial charge in [-0.05, 0) is 49.4 Å². The molecule has 2 aromatic rings. The van der Waals surface area contributed by atoms with E-state index in [-0.39, 0.29) is 12.4 Å². The molecule has 2 heterocycles. The third-order valence-corrected chi connectivity index (χ3v) is 5.32. The van der Waals surface area contributed by atoms with Crippen LogP contribution in [0.15, 0.2) is 41.8 Å². The smallest absolute Gasteiger partial charge is 0.123 e. The number of para-hydroxylation sites is 1. The molecule has 1 aliphatic heterocycles. The normalized spacial score (nSPS) is 17.5. The second-order valence-corrected chi connectivity index (χ2v) is 7.31. The Labute approximate surface area is 155 Å². The van der Waals surface area contributed by atoms with Crippen molar-refractivity contribution < 1.29 is 4.74 Å². The lowest BCUT2D eigenvalue weighted by Gasteiger charge is -2.30. The summed E-state index contributed by atoms with van der Waals surface area (Å²) in [7, 11) is 1.76. The van der Waals surface area contributed by atoms with Gasteiger partial charge < -0.3 is 10.1 Å². The van der Waals surface area contributed by atoms with Gasteiger partial charge in [0.1, 0.15) is 5.75 Å². The van der Waals surface area contributed by atoms with Gasteiger partial charge in [0, 0.05) is 30.1 Å². The molecule has 24 heavy (non-hydrogen) atoms. The van der Waals surface area contributed by atoms with Crippen LogP contribution in [0.4, 0.5) is 0 Å². The van der Waals surface area contributed by atoms with Gasteiger partial charge in [-0.3, -0.25) is 4.90 Å². The van der Waals surface area contributed by atoms with Crippen molar-refractivity contribution in [3.8, 4) is 5.75 Å². The minimum Gasteiger partial charge on any atom is -0.496 e. The molecule has 5 heteroatoms. The first-order chi connectivity index (χ1) is 11.3. The number of methoxy groups -OCH3 is 1. The van der Waals surface area contributed by atoms with E-state index in [1.807, 2.05) is 17.4 Å². The molecule has 3 nitrogen and oxygen atoms in total. The maximum Gasteiger partial charge on any atom is 0.123 e. The Balaban J connectivity index is 0.00000208. The van der Waals surface area contributed by atoms with E-state index < -0.39 is 0 Å². The van der Waals surface area contributed by atoms with Gasteiger partial charge in [0.2, 0.25) is 0 Å². The van der Waals surface area contributed by atoms with Crippen LogP contribution in [0.5, 0.6) is 5.75 Å². The molecule has 1 fully saturated rings. The Kier molecular flexibility index (Phi) is 8.06. The molecule has 1 N–H and O–H groups in total. The molecule has 1 aromatic heterocycles. The number of halogens is 1. The number of rotatable bonds is 7. The third-order valence-electron chi connectivity index (χ3n) is 4.46. The first kappa shape index (κ1) is 19.3. The number of benzene rings is 1. The SMILES string of the molecule is COc1ccccc1CN(Cc1cccs1)CC1CCCNC1.Cl. The molecule has 3 rings (SSSR count).